The molecule has 0 bridgehead atoms. The molecule has 2 heterocycles. The van der Waals surface area contributed by atoms with Gasteiger partial charge in [-0.1, -0.05) is 12.1 Å². The molecule has 6 nitrogen and oxygen atoms in total. The van der Waals surface area contributed by atoms with E-state index in [9.17, 15) is 9.59 Å². The van der Waals surface area contributed by atoms with E-state index in [1.54, 1.807) is 4.90 Å². The highest BCUT2D eigenvalue weighted by molar-refractivity contribution is 6.00. The largest absolute Gasteiger partial charge is 0.379 e. The van der Waals surface area contributed by atoms with Gasteiger partial charge in [-0.25, -0.2) is 0 Å². The highest BCUT2D eigenvalue weighted by Crippen LogP contribution is 2.25. The number of morpholine rings is 1. The minimum absolute atomic E-state index is 0.0373. The van der Waals surface area contributed by atoms with Gasteiger partial charge in [0.25, 0.3) is 0 Å². The summed E-state index contributed by atoms with van der Waals surface area (Å²) in [4.78, 5) is 27.2. The summed E-state index contributed by atoms with van der Waals surface area (Å²) in [5.41, 5.74) is 7.34. The number of hydrogen-bond donors (Lipinski definition) is 1. The van der Waals surface area contributed by atoms with E-state index in [1.165, 1.54) is 5.56 Å². The third kappa shape index (κ3) is 3.28. The molecule has 1 atom stereocenters. The molecular weight excluding hydrogens is 282 g/mol. The van der Waals surface area contributed by atoms with Crippen LogP contribution in [0.25, 0.3) is 0 Å². The van der Waals surface area contributed by atoms with E-state index >= 15 is 0 Å². The number of carbonyl (C=O) groups excluding carboxylic acids is 2. The number of anilines is 1. The zero-order chi connectivity index (χ0) is 15.5. The fourth-order valence-corrected chi connectivity index (χ4v) is 2.95. The molecule has 3 rings (SSSR count). The Morgan fingerprint density at radius 1 is 1.23 bits per heavy atom. The molecule has 0 spiro atoms. The van der Waals surface area contributed by atoms with Gasteiger partial charge in [0.1, 0.15) is 0 Å². The number of rotatable bonds is 4. The van der Waals surface area contributed by atoms with Gasteiger partial charge in [0.15, 0.2) is 0 Å². The maximum atomic E-state index is 12.0. The predicted molar refractivity (Wildman–Crippen MR) is 82.2 cm³/mol. The van der Waals surface area contributed by atoms with Crippen molar-refractivity contribution in [2.75, 3.05) is 37.7 Å². The van der Waals surface area contributed by atoms with Crippen LogP contribution in [0.2, 0.25) is 0 Å². The summed E-state index contributed by atoms with van der Waals surface area (Å²) in [6.07, 6.45) is 0.213. The van der Waals surface area contributed by atoms with Gasteiger partial charge in [-0.2, -0.15) is 0 Å². The first kappa shape index (κ1) is 15.0. The molecule has 2 amide bonds. The van der Waals surface area contributed by atoms with E-state index in [2.05, 4.69) is 4.90 Å². The van der Waals surface area contributed by atoms with E-state index in [-0.39, 0.29) is 18.2 Å². The molecule has 1 aromatic rings. The number of primary amides is 1. The number of nitrogens with two attached hydrogens (primary N) is 1. The number of carbonyl (C=O) groups is 2. The van der Waals surface area contributed by atoms with Gasteiger partial charge in [-0.3, -0.25) is 14.5 Å². The molecular formula is C16H21N3O3. The molecule has 2 aliphatic rings. The molecule has 1 aromatic carbocycles. The lowest BCUT2D eigenvalue weighted by Crippen LogP contribution is -2.35. The predicted octanol–water partition coefficient (Wildman–Crippen LogP) is 0.357. The highest BCUT2D eigenvalue weighted by Gasteiger charge is 2.33. The van der Waals surface area contributed by atoms with E-state index in [0.717, 1.165) is 38.5 Å². The molecule has 2 aliphatic heterocycles. The van der Waals surface area contributed by atoms with Gasteiger partial charge >= 0.3 is 0 Å². The summed E-state index contributed by atoms with van der Waals surface area (Å²) in [5, 5.41) is 0. The highest BCUT2D eigenvalue weighted by atomic mass is 16.5. The number of benzene rings is 1. The van der Waals surface area contributed by atoms with Crippen molar-refractivity contribution in [1.82, 2.24) is 4.90 Å². The van der Waals surface area contributed by atoms with E-state index in [1.807, 2.05) is 24.3 Å². The average molecular weight is 303 g/mol. The Kier molecular flexibility index (Phi) is 4.40. The molecule has 0 aliphatic carbocycles. The summed E-state index contributed by atoms with van der Waals surface area (Å²) >= 11 is 0. The maximum Gasteiger partial charge on any atom is 0.227 e. The molecule has 0 aromatic heterocycles. The monoisotopic (exact) mass is 303 g/mol. The topological polar surface area (TPSA) is 75.9 Å². The fraction of sp³-hybridized carbons (Fsp3) is 0.500. The van der Waals surface area contributed by atoms with Gasteiger partial charge in [0.2, 0.25) is 11.8 Å². The van der Waals surface area contributed by atoms with Crippen LogP contribution in [0.5, 0.6) is 0 Å². The molecule has 2 saturated heterocycles. The SMILES string of the molecule is NC(=O)C1CC(=O)N(c2ccc(CN3CCOCC3)cc2)C1. The van der Waals surface area contributed by atoms with Crippen molar-refractivity contribution in [2.24, 2.45) is 11.7 Å². The number of hydrogen-bond acceptors (Lipinski definition) is 4. The lowest BCUT2D eigenvalue weighted by atomic mass is 10.1. The van der Waals surface area contributed by atoms with Crippen LogP contribution in [0, 0.1) is 5.92 Å². The summed E-state index contributed by atoms with van der Waals surface area (Å²) < 4.78 is 5.34. The second kappa shape index (κ2) is 6.46. The summed E-state index contributed by atoms with van der Waals surface area (Å²) in [6, 6.07) is 7.96. The van der Waals surface area contributed by atoms with Gasteiger partial charge < -0.3 is 15.4 Å². The van der Waals surface area contributed by atoms with E-state index in [4.69, 9.17) is 10.5 Å². The van der Waals surface area contributed by atoms with Crippen molar-refractivity contribution in [1.29, 1.82) is 0 Å². The van der Waals surface area contributed by atoms with E-state index < -0.39 is 5.91 Å². The molecule has 118 valence electrons. The van der Waals surface area contributed by atoms with Gasteiger partial charge in [0.05, 0.1) is 19.1 Å². The van der Waals surface area contributed by atoms with Crippen LogP contribution in [0.15, 0.2) is 24.3 Å². The first-order valence-corrected chi connectivity index (χ1v) is 7.62. The van der Waals surface area contributed by atoms with Crippen LogP contribution in [0.3, 0.4) is 0 Å². The standard InChI is InChI=1S/C16H21N3O3/c17-16(21)13-9-15(20)19(11-13)14-3-1-12(2-4-14)10-18-5-7-22-8-6-18/h1-4,13H,5-11H2,(H2,17,21). The normalized spacial score (nSPS) is 23.0. The van der Waals surface area contributed by atoms with Crippen molar-refractivity contribution in [3.05, 3.63) is 29.8 Å². The zero-order valence-electron chi connectivity index (χ0n) is 12.5. The minimum Gasteiger partial charge on any atom is -0.379 e. The Bertz CT molecular complexity index is 552. The molecule has 2 N–H and O–H groups in total. The molecule has 1 unspecified atom stereocenters. The molecule has 0 saturated carbocycles. The number of ether oxygens (including phenoxy) is 1. The minimum atomic E-state index is -0.403. The van der Waals surface area contributed by atoms with Gasteiger partial charge in [-0.05, 0) is 17.7 Å². The molecule has 2 fully saturated rings. The van der Waals surface area contributed by atoms with Crippen molar-refractivity contribution >= 4 is 17.5 Å². The Morgan fingerprint density at radius 2 is 1.91 bits per heavy atom. The van der Waals surface area contributed by atoms with Crippen LogP contribution in [-0.4, -0.2) is 49.6 Å². The molecule has 0 radical (unpaired) electrons. The van der Waals surface area contributed by atoms with Crippen molar-refractivity contribution < 1.29 is 14.3 Å². The Morgan fingerprint density at radius 3 is 2.50 bits per heavy atom. The van der Waals surface area contributed by atoms with Crippen LogP contribution >= 0.6 is 0 Å². The first-order chi connectivity index (χ1) is 10.6. The second-order valence-electron chi connectivity index (χ2n) is 5.86. The molecule has 6 heteroatoms. The number of amides is 2. The maximum absolute atomic E-state index is 12.0. The van der Waals surface area contributed by atoms with Crippen molar-refractivity contribution in [3.8, 4) is 0 Å². The number of nitrogens with zero attached hydrogens (tertiary/aromatic N) is 2. The Hall–Kier alpha value is -1.92. The summed E-state index contributed by atoms with van der Waals surface area (Å²) in [7, 11) is 0. The van der Waals surface area contributed by atoms with Crippen LogP contribution in [0.4, 0.5) is 5.69 Å². The fourth-order valence-electron chi connectivity index (χ4n) is 2.95. The van der Waals surface area contributed by atoms with Crippen molar-refractivity contribution in [2.45, 2.75) is 13.0 Å². The zero-order valence-corrected chi connectivity index (χ0v) is 12.5. The quantitative estimate of drug-likeness (QED) is 0.871. The Labute approximate surface area is 129 Å². The lowest BCUT2D eigenvalue weighted by molar-refractivity contribution is -0.123. The lowest BCUT2D eigenvalue weighted by Gasteiger charge is -2.26. The van der Waals surface area contributed by atoms with Crippen LogP contribution < -0.4 is 10.6 Å². The molecule has 22 heavy (non-hydrogen) atoms. The van der Waals surface area contributed by atoms with Crippen molar-refractivity contribution in [3.63, 3.8) is 0 Å². The van der Waals surface area contributed by atoms with Crippen LogP contribution in [0.1, 0.15) is 12.0 Å². The van der Waals surface area contributed by atoms with Gasteiger partial charge in [0, 0.05) is 38.3 Å². The smallest absolute Gasteiger partial charge is 0.227 e. The third-order valence-electron chi connectivity index (χ3n) is 4.29. The Balaban J connectivity index is 1.64. The van der Waals surface area contributed by atoms with E-state index in [0.29, 0.717) is 6.54 Å². The first-order valence-electron chi connectivity index (χ1n) is 7.62. The van der Waals surface area contributed by atoms with Crippen LogP contribution in [-0.2, 0) is 20.9 Å². The summed E-state index contributed by atoms with van der Waals surface area (Å²) in [5.74, 6) is -0.815. The second-order valence-corrected chi connectivity index (χ2v) is 5.86. The third-order valence-corrected chi connectivity index (χ3v) is 4.29. The average Bonchev–Trinajstić information content (AvgIpc) is 2.91. The summed E-state index contributed by atoms with van der Waals surface area (Å²) in [6.45, 7) is 4.75. The van der Waals surface area contributed by atoms with Gasteiger partial charge in [-0.15, -0.1) is 0 Å².